The molecular weight excluding hydrogens is 350 g/mol. The van der Waals surface area contributed by atoms with E-state index in [0.717, 1.165) is 17.1 Å². The molecule has 26 heavy (non-hydrogen) atoms. The van der Waals surface area contributed by atoms with E-state index in [1.807, 2.05) is 38.2 Å². The van der Waals surface area contributed by atoms with Gasteiger partial charge in [-0.25, -0.2) is 0 Å². The lowest BCUT2D eigenvalue weighted by molar-refractivity contribution is -0.116. The van der Waals surface area contributed by atoms with Gasteiger partial charge in [-0.2, -0.15) is 4.98 Å². The van der Waals surface area contributed by atoms with Gasteiger partial charge in [0.1, 0.15) is 18.2 Å². The maximum absolute atomic E-state index is 12.7. The van der Waals surface area contributed by atoms with Crippen LogP contribution in [0.4, 0.5) is 5.82 Å². The molecule has 1 unspecified atom stereocenters. The van der Waals surface area contributed by atoms with Gasteiger partial charge in [-0.05, 0) is 23.4 Å². The fourth-order valence-electron chi connectivity index (χ4n) is 3.03. The number of ether oxygens (including phenoxy) is 1. The van der Waals surface area contributed by atoms with Crippen LogP contribution in [0.25, 0.3) is 0 Å². The van der Waals surface area contributed by atoms with E-state index in [9.17, 15) is 9.59 Å². The summed E-state index contributed by atoms with van der Waals surface area (Å²) < 4.78 is 7.28. The minimum absolute atomic E-state index is 0.108. The fraction of sp³-hybridized carbons (Fsp3) is 0.316. The number of benzene rings is 1. The molecular formula is C19H21N3O3S. The predicted molar refractivity (Wildman–Crippen MR) is 103 cm³/mol. The van der Waals surface area contributed by atoms with E-state index in [0.29, 0.717) is 23.1 Å². The van der Waals surface area contributed by atoms with Gasteiger partial charge in [0.2, 0.25) is 5.91 Å². The first-order valence-electron chi connectivity index (χ1n) is 8.42. The molecule has 1 amide bonds. The van der Waals surface area contributed by atoms with Crippen molar-refractivity contribution in [1.29, 1.82) is 0 Å². The third-order valence-electron chi connectivity index (χ3n) is 4.22. The highest BCUT2D eigenvalue weighted by molar-refractivity contribution is 7.99. The van der Waals surface area contributed by atoms with E-state index in [4.69, 9.17) is 4.74 Å². The van der Waals surface area contributed by atoms with Crippen molar-refractivity contribution in [3.05, 3.63) is 58.4 Å². The average Bonchev–Trinajstić information content (AvgIpc) is 2.64. The Bertz CT molecular complexity index is 890. The van der Waals surface area contributed by atoms with Gasteiger partial charge in [-0.1, -0.05) is 43.5 Å². The lowest BCUT2D eigenvalue weighted by atomic mass is 9.87. The number of anilines is 1. The van der Waals surface area contributed by atoms with Crippen molar-refractivity contribution in [2.45, 2.75) is 24.4 Å². The minimum atomic E-state index is -0.320. The molecule has 6 nitrogen and oxygen atoms in total. The number of rotatable bonds is 6. The number of hydrogen-bond acceptors (Lipinski definition) is 5. The summed E-state index contributed by atoms with van der Waals surface area (Å²) >= 11 is 1.47. The van der Waals surface area contributed by atoms with Crippen LogP contribution in [-0.4, -0.2) is 27.8 Å². The zero-order chi connectivity index (χ0) is 18.7. The molecule has 2 aromatic rings. The maximum atomic E-state index is 12.7. The molecule has 0 bridgehead atoms. The van der Waals surface area contributed by atoms with Crippen molar-refractivity contribution < 1.29 is 9.53 Å². The van der Waals surface area contributed by atoms with Gasteiger partial charge in [0.25, 0.3) is 5.56 Å². The lowest BCUT2D eigenvalue weighted by Crippen LogP contribution is -2.33. The van der Waals surface area contributed by atoms with Crippen LogP contribution in [0, 0.1) is 0 Å². The molecule has 136 valence electrons. The SMILES string of the molecule is C=CCOc1ccc(C2CC(=O)Nc3c2c(=O)nc(SCC)n3C)cc1. The zero-order valence-corrected chi connectivity index (χ0v) is 15.6. The quantitative estimate of drug-likeness (QED) is 0.480. The summed E-state index contributed by atoms with van der Waals surface area (Å²) in [6, 6.07) is 7.45. The second kappa shape index (κ2) is 7.78. The number of carbonyl (C=O) groups excluding carboxylic acids is 1. The molecule has 1 N–H and O–H groups in total. The largest absolute Gasteiger partial charge is 0.490 e. The third-order valence-corrected chi connectivity index (χ3v) is 5.14. The summed E-state index contributed by atoms with van der Waals surface area (Å²) in [6.45, 7) is 6.04. The highest BCUT2D eigenvalue weighted by atomic mass is 32.2. The van der Waals surface area contributed by atoms with Gasteiger partial charge in [0, 0.05) is 19.4 Å². The van der Waals surface area contributed by atoms with E-state index in [1.54, 1.807) is 10.6 Å². The standard InChI is InChI=1S/C19H21N3O3S/c1-4-10-25-13-8-6-12(7-9-13)14-11-15(23)20-17-16(14)18(24)21-19(22(17)3)26-5-2/h4,6-9,14H,1,5,10-11H2,2-3H3,(H,20,23). The van der Waals surface area contributed by atoms with Gasteiger partial charge < -0.3 is 14.6 Å². The van der Waals surface area contributed by atoms with Crippen LogP contribution in [0.3, 0.4) is 0 Å². The Morgan fingerprint density at radius 1 is 1.38 bits per heavy atom. The normalized spacial score (nSPS) is 15.9. The Labute approximate surface area is 156 Å². The highest BCUT2D eigenvalue weighted by Gasteiger charge is 2.32. The monoisotopic (exact) mass is 371 g/mol. The van der Waals surface area contributed by atoms with Crippen LogP contribution in [0.15, 0.2) is 46.9 Å². The Hall–Kier alpha value is -2.54. The molecule has 0 fully saturated rings. The van der Waals surface area contributed by atoms with Crippen LogP contribution < -0.4 is 15.6 Å². The van der Waals surface area contributed by atoms with Gasteiger partial charge in [-0.15, -0.1) is 0 Å². The number of nitrogens with zero attached hydrogens (tertiary/aromatic N) is 2. The van der Waals surface area contributed by atoms with E-state index < -0.39 is 0 Å². The molecule has 1 aliphatic rings. The van der Waals surface area contributed by atoms with Crippen molar-refractivity contribution in [3.8, 4) is 5.75 Å². The van der Waals surface area contributed by atoms with Crippen LogP contribution >= 0.6 is 11.8 Å². The molecule has 1 aromatic heterocycles. The topological polar surface area (TPSA) is 73.2 Å². The van der Waals surface area contributed by atoms with Gasteiger partial charge in [-0.3, -0.25) is 9.59 Å². The predicted octanol–water partition coefficient (Wildman–Crippen LogP) is 2.93. The number of fused-ring (bicyclic) bond motifs is 1. The summed E-state index contributed by atoms with van der Waals surface area (Å²) in [4.78, 5) is 29.2. The van der Waals surface area contributed by atoms with Gasteiger partial charge in [0.05, 0.1) is 5.56 Å². The highest BCUT2D eigenvalue weighted by Crippen LogP contribution is 2.36. The average molecular weight is 371 g/mol. The first-order valence-corrected chi connectivity index (χ1v) is 9.41. The molecule has 1 aromatic carbocycles. The number of aromatic nitrogens is 2. The van der Waals surface area contributed by atoms with Crippen LogP contribution in [-0.2, 0) is 11.8 Å². The van der Waals surface area contributed by atoms with Crippen LogP contribution in [0.5, 0.6) is 5.75 Å². The molecule has 1 atom stereocenters. The van der Waals surface area contributed by atoms with E-state index in [1.165, 1.54) is 11.8 Å². The van der Waals surface area contributed by atoms with Crippen molar-refractivity contribution >= 4 is 23.5 Å². The van der Waals surface area contributed by atoms with Crippen LogP contribution in [0.1, 0.15) is 30.4 Å². The van der Waals surface area contributed by atoms with E-state index in [2.05, 4.69) is 16.9 Å². The maximum Gasteiger partial charge on any atom is 0.279 e. The third kappa shape index (κ3) is 3.53. The molecule has 0 spiro atoms. The van der Waals surface area contributed by atoms with Gasteiger partial charge in [0.15, 0.2) is 5.16 Å². The number of hydrogen-bond donors (Lipinski definition) is 1. The molecule has 0 radical (unpaired) electrons. The molecule has 7 heteroatoms. The second-order valence-corrected chi connectivity index (χ2v) is 7.16. The van der Waals surface area contributed by atoms with Gasteiger partial charge >= 0.3 is 0 Å². The molecule has 1 aliphatic heterocycles. The lowest BCUT2D eigenvalue weighted by Gasteiger charge is -2.27. The Kier molecular flexibility index (Phi) is 5.46. The smallest absolute Gasteiger partial charge is 0.279 e. The summed E-state index contributed by atoms with van der Waals surface area (Å²) in [5.74, 6) is 1.62. The Balaban J connectivity index is 2.03. The number of thioether (sulfide) groups is 1. The summed E-state index contributed by atoms with van der Waals surface area (Å²) in [5, 5.41) is 3.44. The zero-order valence-electron chi connectivity index (χ0n) is 14.8. The molecule has 0 saturated heterocycles. The number of nitrogens with one attached hydrogen (secondary N) is 1. The first kappa shape index (κ1) is 18.3. The molecule has 0 saturated carbocycles. The van der Waals surface area contributed by atoms with Crippen molar-refractivity contribution in [3.63, 3.8) is 0 Å². The second-order valence-electron chi connectivity index (χ2n) is 5.93. The van der Waals surface area contributed by atoms with Crippen molar-refractivity contribution in [2.24, 2.45) is 7.05 Å². The Morgan fingerprint density at radius 3 is 2.77 bits per heavy atom. The van der Waals surface area contributed by atoms with Crippen molar-refractivity contribution in [1.82, 2.24) is 9.55 Å². The molecule has 0 aliphatic carbocycles. The molecule has 3 rings (SSSR count). The minimum Gasteiger partial charge on any atom is -0.490 e. The van der Waals surface area contributed by atoms with Crippen molar-refractivity contribution in [2.75, 3.05) is 17.7 Å². The fourth-order valence-corrected chi connectivity index (χ4v) is 3.72. The Morgan fingerprint density at radius 2 is 2.12 bits per heavy atom. The number of carbonyl (C=O) groups is 1. The summed E-state index contributed by atoms with van der Waals surface area (Å²) in [6.07, 6.45) is 1.90. The first-order chi connectivity index (χ1) is 12.5. The number of amides is 1. The summed E-state index contributed by atoms with van der Waals surface area (Å²) in [5.41, 5.74) is 1.14. The van der Waals surface area contributed by atoms with E-state index >= 15 is 0 Å². The van der Waals surface area contributed by atoms with E-state index in [-0.39, 0.29) is 23.8 Å². The molecule has 2 heterocycles. The summed E-state index contributed by atoms with van der Waals surface area (Å²) in [7, 11) is 1.82. The van der Waals surface area contributed by atoms with Crippen LogP contribution in [0.2, 0.25) is 0 Å².